The van der Waals surface area contributed by atoms with Gasteiger partial charge in [-0.15, -0.1) is 0 Å². The van der Waals surface area contributed by atoms with Crippen LogP contribution < -0.4 is 11.2 Å². The Labute approximate surface area is 180 Å². The summed E-state index contributed by atoms with van der Waals surface area (Å²) in [6, 6.07) is 5.65. The molecule has 1 N–H and O–H groups in total. The Balaban J connectivity index is 1.86. The van der Waals surface area contributed by atoms with Gasteiger partial charge in [0.1, 0.15) is 12.4 Å². The molecular weight excluding hydrogens is 430 g/mol. The van der Waals surface area contributed by atoms with Crippen LogP contribution in [-0.4, -0.2) is 30.8 Å². The van der Waals surface area contributed by atoms with Crippen molar-refractivity contribution >= 4 is 28.9 Å². The minimum atomic E-state index is -2.54. The van der Waals surface area contributed by atoms with Gasteiger partial charge in [-0.2, -0.15) is 8.78 Å². The number of alkyl halides is 2. The zero-order valence-corrected chi connectivity index (χ0v) is 17.9. The molecule has 3 rings (SSSR count). The number of esters is 1. The van der Waals surface area contributed by atoms with Gasteiger partial charge >= 0.3 is 11.7 Å². The molecule has 0 spiro atoms. The summed E-state index contributed by atoms with van der Waals surface area (Å²) in [5.41, 5.74) is -0.375. The number of carbonyl (C=O) groups excluding carboxylic acids is 1. The molecule has 2 aromatic heterocycles. The van der Waals surface area contributed by atoms with Crippen molar-refractivity contribution < 1.29 is 18.3 Å². The Morgan fingerprint density at radius 2 is 1.90 bits per heavy atom. The molecule has 0 radical (unpaired) electrons. The van der Waals surface area contributed by atoms with Gasteiger partial charge in [0.05, 0.1) is 5.56 Å². The summed E-state index contributed by atoms with van der Waals surface area (Å²) in [5.74, 6) is -2.87. The summed E-state index contributed by atoms with van der Waals surface area (Å²) >= 11 is 0.386. The average Bonchev–Trinajstić information content (AvgIpc) is 3.11. The van der Waals surface area contributed by atoms with E-state index in [1.165, 1.54) is 28.8 Å². The van der Waals surface area contributed by atoms with E-state index in [1.807, 2.05) is 13.8 Å². The lowest BCUT2D eigenvalue weighted by Crippen LogP contribution is -2.31. The zero-order valence-electron chi connectivity index (χ0n) is 17.1. The number of thioether (sulfide) groups is 1. The Kier molecular flexibility index (Phi) is 7.26. The maximum Gasteiger partial charge on any atom is 0.338 e. The monoisotopic (exact) mass is 452 g/mol. The third-order valence-corrected chi connectivity index (χ3v) is 5.39. The summed E-state index contributed by atoms with van der Waals surface area (Å²) in [6.07, 6.45) is 1.60. The number of unbranched alkanes of at least 4 members (excludes halogenated alkanes) is 1. The Hall–Kier alpha value is -2.95. The molecule has 166 valence electrons. The molecule has 3 aromatic rings. The molecule has 0 atom stereocenters. The summed E-state index contributed by atoms with van der Waals surface area (Å²) in [7, 11) is 0. The molecule has 2 heterocycles. The molecule has 1 aromatic carbocycles. The normalized spacial score (nSPS) is 11.4. The second kappa shape index (κ2) is 9.90. The zero-order chi connectivity index (χ0) is 22.5. The number of hydrogen-bond donors (Lipinski definition) is 1. The number of hydrogen-bond acceptors (Lipinski definition) is 6. The highest BCUT2D eigenvalue weighted by Gasteiger charge is 2.19. The molecule has 0 amide bonds. The highest BCUT2D eigenvalue weighted by Crippen LogP contribution is 2.25. The molecule has 11 heteroatoms. The van der Waals surface area contributed by atoms with E-state index in [0.717, 1.165) is 12.8 Å². The molecule has 0 bridgehead atoms. The number of carbonyl (C=O) groups is 1. The lowest BCUT2D eigenvalue weighted by molar-refractivity contribution is 0.0458. The van der Waals surface area contributed by atoms with Gasteiger partial charge in [-0.25, -0.2) is 14.6 Å². The van der Waals surface area contributed by atoms with Gasteiger partial charge in [0, 0.05) is 18.0 Å². The Morgan fingerprint density at radius 3 is 2.52 bits per heavy atom. The highest BCUT2D eigenvalue weighted by molar-refractivity contribution is 7.99. The second-order valence-electron chi connectivity index (χ2n) is 6.69. The van der Waals surface area contributed by atoms with Crippen LogP contribution in [-0.2, 0) is 24.4 Å². The number of ether oxygens (including phenoxy) is 1. The van der Waals surface area contributed by atoms with Crippen molar-refractivity contribution in [3.05, 3.63) is 56.5 Å². The number of imidazole rings is 1. The largest absolute Gasteiger partial charge is 0.454 e. The fraction of sp³-hybridized carbons (Fsp3) is 0.400. The number of aromatic nitrogens is 4. The van der Waals surface area contributed by atoms with Crippen LogP contribution >= 0.6 is 11.8 Å². The van der Waals surface area contributed by atoms with Crippen LogP contribution in [0.5, 0.6) is 0 Å². The minimum absolute atomic E-state index is 0.204. The van der Waals surface area contributed by atoms with Gasteiger partial charge in [-0.05, 0) is 37.6 Å². The number of H-pyrrole nitrogens is 1. The van der Waals surface area contributed by atoms with Crippen LogP contribution in [0.15, 0.2) is 38.8 Å². The van der Waals surface area contributed by atoms with Crippen molar-refractivity contribution in [1.29, 1.82) is 0 Å². The smallest absolute Gasteiger partial charge is 0.338 e. The number of fused-ring (bicyclic) bond motifs is 1. The summed E-state index contributed by atoms with van der Waals surface area (Å²) in [5, 5.41) is 0. The lowest BCUT2D eigenvalue weighted by Gasteiger charge is -2.08. The van der Waals surface area contributed by atoms with Gasteiger partial charge in [0.25, 0.3) is 11.3 Å². The fourth-order valence-corrected chi connectivity index (χ4v) is 3.68. The van der Waals surface area contributed by atoms with Gasteiger partial charge in [-0.3, -0.25) is 14.3 Å². The predicted octanol–water partition coefficient (Wildman–Crippen LogP) is 3.38. The average molecular weight is 452 g/mol. The maximum atomic E-state index is 12.4. The van der Waals surface area contributed by atoms with Gasteiger partial charge < -0.3 is 9.30 Å². The number of rotatable bonds is 9. The molecule has 0 saturated carbocycles. The molecular formula is C20H22F2N4O4S. The fourth-order valence-electron chi connectivity index (χ4n) is 3.18. The van der Waals surface area contributed by atoms with Gasteiger partial charge in [0.2, 0.25) is 0 Å². The third kappa shape index (κ3) is 5.04. The van der Waals surface area contributed by atoms with Crippen LogP contribution in [0, 0.1) is 0 Å². The van der Waals surface area contributed by atoms with Crippen molar-refractivity contribution in [1.82, 2.24) is 19.1 Å². The van der Waals surface area contributed by atoms with Gasteiger partial charge in [-0.1, -0.05) is 25.1 Å². The first kappa shape index (κ1) is 22.7. The van der Waals surface area contributed by atoms with E-state index in [0.29, 0.717) is 35.6 Å². The number of benzene rings is 1. The van der Waals surface area contributed by atoms with Crippen LogP contribution in [0.2, 0.25) is 0 Å². The van der Waals surface area contributed by atoms with E-state index in [-0.39, 0.29) is 23.3 Å². The van der Waals surface area contributed by atoms with E-state index in [1.54, 1.807) is 4.57 Å². The summed E-state index contributed by atoms with van der Waals surface area (Å²) in [4.78, 5) is 44.1. The van der Waals surface area contributed by atoms with E-state index >= 15 is 0 Å². The molecule has 0 unspecified atom stereocenters. The van der Waals surface area contributed by atoms with Gasteiger partial charge in [0.15, 0.2) is 11.2 Å². The first-order valence-electron chi connectivity index (χ1n) is 9.79. The molecule has 0 fully saturated rings. The minimum Gasteiger partial charge on any atom is -0.454 e. The van der Waals surface area contributed by atoms with E-state index in [2.05, 4.69) is 9.97 Å². The lowest BCUT2D eigenvalue weighted by atomic mass is 10.2. The van der Waals surface area contributed by atoms with Crippen molar-refractivity contribution in [2.24, 2.45) is 0 Å². The number of nitrogens with zero attached hydrogens (tertiary/aromatic N) is 3. The van der Waals surface area contributed by atoms with Crippen molar-refractivity contribution in [3.8, 4) is 0 Å². The number of halogens is 2. The molecule has 0 saturated heterocycles. The number of aryl methyl sites for hydroxylation is 2. The molecule has 8 nitrogen and oxygen atoms in total. The maximum absolute atomic E-state index is 12.4. The molecule has 0 aliphatic rings. The van der Waals surface area contributed by atoms with Crippen LogP contribution in [0.4, 0.5) is 8.78 Å². The van der Waals surface area contributed by atoms with Crippen molar-refractivity contribution in [2.45, 2.75) is 57.0 Å². The number of aromatic amines is 1. The first-order chi connectivity index (χ1) is 14.8. The van der Waals surface area contributed by atoms with E-state index < -0.39 is 23.0 Å². The second-order valence-corrected chi connectivity index (χ2v) is 7.75. The number of nitrogens with one attached hydrogen (secondary N) is 1. The molecule has 31 heavy (non-hydrogen) atoms. The quantitative estimate of drug-likeness (QED) is 0.395. The third-order valence-electron chi connectivity index (χ3n) is 4.66. The first-order valence-corrected chi connectivity index (χ1v) is 10.7. The highest BCUT2D eigenvalue weighted by atomic mass is 32.2. The van der Waals surface area contributed by atoms with E-state index in [4.69, 9.17) is 4.74 Å². The summed E-state index contributed by atoms with van der Waals surface area (Å²) in [6.45, 7) is 4.38. The Morgan fingerprint density at radius 1 is 1.19 bits per heavy atom. The van der Waals surface area contributed by atoms with E-state index in [9.17, 15) is 23.2 Å². The van der Waals surface area contributed by atoms with Crippen LogP contribution in [0.25, 0.3) is 11.2 Å². The SMILES string of the molecule is CCCCn1c(=O)[nH]c(=O)c2c1nc(COC(=O)c1ccc(SC(F)F)cc1)n2CC. The predicted molar refractivity (Wildman–Crippen MR) is 113 cm³/mol. The van der Waals surface area contributed by atoms with Crippen LogP contribution in [0.1, 0.15) is 42.9 Å². The molecule has 0 aliphatic heterocycles. The summed E-state index contributed by atoms with van der Waals surface area (Å²) < 4.78 is 33.2. The molecule has 0 aliphatic carbocycles. The van der Waals surface area contributed by atoms with Crippen molar-refractivity contribution in [2.75, 3.05) is 0 Å². The van der Waals surface area contributed by atoms with Crippen LogP contribution in [0.3, 0.4) is 0 Å². The van der Waals surface area contributed by atoms with Crippen molar-refractivity contribution in [3.63, 3.8) is 0 Å². The standard InChI is InChI=1S/C20H22F2N4O4S/c1-3-5-10-26-16-15(17(27)24-20(26)29)25(4-2)14(23-16)11-30-18(28)12-6-8-13(9-7-12)31-19(21)22/h6-9,19H,3-5,10-11H2,1-2H3,(H,24,27,29). The topological polar surface area (TPSA) is 99.0 Å². The Bertz CT molecular complexity index is 1180.